The van der Waals surface area contributed by atoms with E-state index in [-0.39, 0.29) is 5.57 Å². The molecule has 0 atom stereocenters. The van der Waals surface area contributed by atoms with Crippen molar-refractivity contribution in [2.24, 2.45) is 0 Å². The summed E-state index contributed by atoms with van der Waals surface area (Å²) in [6.45, 7) is 2.47. The minimum Gasteiger partial charge on any atom is -0.465 e. The van der Waals surface area contributed by atoms with Gasteiger partial charge in [-0.25, -0.2) is 4.79 Å². The van der Waals surface area contributed by atoms with Crippen molar-refractivity contribution >= 4 is 17.8 Å². The van der Waals surface area contributed by atoms with Crippen molar-refractivity contribution < 1.29 is 14.3 Å². The lowest BCUT2D eigenvalue weighted by atomic mass is 10.1. The van der Waals surface area contributed by atoms with Crippen LogP contribution in [0.3, 0.4) is 0 Å². The van der Waals surface area contributed by atoms with Crippen LogP contribution in [0.15, 0.2) is 42.4 Å². The van der Waals surface area contributed by atoms with Crippen LogP contribution >= 0.6 is 0 Å². The molecule has 5 heteroatoms. The van der Waals surface area contributed by atoms with Crippen molar-refractivity contribution in [3.8, 4) is 0 Å². The normalized spacial score (nSPS) is 11.4. The van der Waals surface area contributed by atoms with E-state index in [4.69, 9.17) is 0 Å². The smallest absolute Gasteiger partial charge is 0.343 e. The van der Waals surface area contributed by atoms with E-state index < -0.39 is 11.8 Å². The van der Waals surface area contributed by atoms with Gasteiger partial charge in [-0.2, -0.15) is 0 Å². The Morgan fingerprint density at radius 2 is 2.26 bits per heavy atom. The zero-order valence-electron chi connectivity index (χ0n) is 10.9. The van der Waals surface area contributed by atoms with E-state index in [2.05, 4.69) is 15.0 Å². The summed E-state index contributed by atoms with van der Waals surface area (Å²) in [5.74, 6) is -1.08. The molecule has 1 N–H and O–H groups in total. The first-order valence-electron chi connectivity index (χ1n) is 5.83. The number of aromatic nitrogens is 1. The number of hydrogen-bond acceptors (Lipinski definition) is 5. The Labute approximate surface area is 112 Å². The lowest BCUT2D eigenvalue weighted by molar-refractivity contribution is -0.137. The van der Waals surface area contributed by atoms with Crippen LogP contribution in [0.5, 0.6) is 0 Å². The van der Waals surface area contributed by atoms with Gasteiger partial charge in [0.25, 0.3) is 0 Å². The van der Waals surface area contributed by atoms with Crippen LogP contribution in [-0.2, 0) is 14.3 Å². The largest absolute Gasteiger partial charge is 0.465 e. The fraction of sp³-hybridized carbons (Fsp3) is 0.214. The Hall–Kier alpha value is -2.43. The molecular weight excluding hydrogens is 244 g/mol. The fourth-order valence-corrected chi connectivity index (χ4v) is 1.28. The van der Waals surface area contributed by atoms with Crippen LogP contribution in [0.4, 0.5) is 0 Å². The molecule has 0 aromatic carbocycles. The Morgan fingerprint density at radius 1 is 1.47 bits per heavy atom. The highest BCUT2D eigenvalue weighted by Crippen LogP contribution is 2.04. The van der Waals surface area contributed by atoms with Crippen molar-refractivity contribution in [2.75, 3.05) is 13.7 Å². The molecule has 5 nitrogen and oxygen atoms in total. The standard InChI is InChI=1S/C14H16N2O3/c1-3-15-10-12(14(18)19-2)13(17)7-6-11-5-4-8-16-9-11/h4-10,15H,3H2,1-2H3. The van der Waals surface area contributed by atoms with E-state index in [1.807, 2.05) is 13.0 Å². The summed E-state index contributed by atoms with van der Waals surface area (Å²) in [5.41, 5.74) is 0.744. The summed E-state index contributed by atoms with van der Waals surface area (Å²) in [7, 11) is 1.24. The highest BCUT2D eigenvalue weighted by Gasteiger charge is 2.16. The van der Waals surface area contributed by atoms with Gasteiger partial charge in [0.15, 0.2) is 5.78 Å². The second-order valence-corrected chi connectivity index (χ2v) is 3.59. The van der Waals surface area contributed by atoms with Crippen molar-refractivity contribution in [1.82, 2.24) is 10.3 Å². The summed E-state index contributed by atoms with van der Waals surface area (Å²) in [6, 6.07) is 3.57. The minimum absolute atomic E-state index is 0.0375. The van der Waals surface area contributed by atoms with E-state index in [1.54, 1.807) is 24.5 Å². The van der Waals surface area contributed by atoms with Crippen LogP contribution < -0.4 is 5.32 Å². The van der Waals surface area contributed by atoms with Crippen molar-refractivity contribution in [3.05, 3.63) is 47.9 Å². The molecule has 0 spiro atoms. The van der Waals surface area contributed by atoms with Gasteiger partial charge in [-0.05, 0) is 30.7 Å². The topological polar surface area (TPSA) is 68.3 Å². The first-order valence-corrected chi connectivity index (χ1v) is 5.83. The fourth-order valence-electron chi connectivity index (χ4n) is 1.28. The number of nitrogens with one attached hydrogen (secondary N) is 1. The van der Waals surface area contributed by atoms with Gasteiger partial charge in [-0.3, -0.25) is 9.78 Å². The second-order valence-electron chi connectivity index (χ2n) is 3.59. The van der Waals surface area contributed by atoms with Crippen molar-refractivity contribution in [3.63, 3.8) is 0 Å². The van der Waals surface area contributed by atoms with E-state index in [9.17, 15) is 9.59 Å². The Balaban J connectivity index is 2.83. The Bertz CT molecular complexity index is 493. The molecule has 0 radical (unpaired) electrons. The molecule has 0 saturated heterocycles. The van der Waals surface area contributed by atoms with E-state index in [0.717, 1.165) is 5.56 Å². The molecule has 0 saturated carbocycles. The van der Waals surface area contributed by atoms with E-state index >= 15 is 0 Å². The lowest BCUT2D eigenvalue weighted by Gasteiger charge is -2.02. The number of hydrogen-bond donors (Lipinski definition) is 1. The molecule has 19 heavy (non-hydrogen) atoms. The first-order chi connectivity index (χ1) is 9.19. The maximum absolute atomic E-state index is 11.9. The summed E-state index contributed by atoms with van der Waals surface area (Å²) in [5, 5.41) is 2.81. The zero-order chi connectivity index (χ0) is 14.1. The molecule has 1 heterocycles. The second kappa shape index (κ2) is 7.81. The molecule has 1 aromatic heterocycles. The molecule has 0 aliphatic rings. The van der Waals surface area contributed by atoms with Gasteiger partial charge in [0.1, 0.15) is 5.57 Å². The van der Waals surface area contributed by atoms with Gasteiger partial charge in [-0.15, -0.1) is 0 Å². The number of ether oxygens (including phenoxy) is 1. The maximum atomic E-state index is 11.9. The van der Waals surface area contributed by atoms with E-state index in [1.165, 1.54) is 19.4 Å². The third-order valence-corrected chi connectivity index (χ3v) is 2.23. The Morgan fingerprint density at radius 3 is 2.84 bits per heavy atom. The summed E-state index contributed by atoms with van der Waals surface area (Å²) in [6.07, 6.45) is 7.54. The molecule has 0 fully saturated rings. The molecule has 100 valence electrons. The molecular formula is C14H16N2O3. The molecule has 0 bridgehead atoms. The zero-order valence-corrected chi connectivity index (χ0v) is 10.9. The van der Waals surface area contributed by atoms with Gasteiger partial charge in [0.05, 0.1) is 7.11 Å². The Kier molecular flexibility index (Phi) is 6.02. The van der Waals surface area contributed by atoms with Gasteiger partial charge in [-0.1, -0.05) is 6.07 Å². The minimum atomic E-state index is -0.665. The van der Waals surface area contributed by atoms with Crippen LogP contribution in [-0.4, -0.2) is 30.4 Å². The number of carbonyl (C=O) groups is 2. The summed E-state index contributed by atoms with van der Waals surface area (Å²) >= 11 is 0. The molecule has 0 aliphatic carbocycles. The van der Waals surface area contributed by atoms with Gasteiger partial charge in [0.2, 0.25) is 0 Å². The number of allylic oxidation sites excluding steroid dienone is 1. The highest BCUT2D eigenvalue weighted by atomic mass is 16.5. The van der Waals surface area contributed by atoms with Crippen LogP contribution in [0.1, 0.15) is 12.5 Å². The molecule has 0 aliphatic heterocycles. The van der Waals surface area contributed by atoms with Crippen molar-refractivity contribution in [1.29, 1.82) is 0 Å². The number of ketones is 1. The van der Waals surface area contributed by atoms with E-state index in [0.29, 0.717) is 6.54 Å². The number of methoxy groups -OCH3 is 1. The number of carbonyl (C=O) groups excluding carboxylic acids is 2. The van der Waals surface area contributed by atoms with Gasteiger partial charge < -0.3 is 10.1 Å². The molecule has 0 amide bonds. The quantitative estimate of drug-likeness (QED) is 0.362. The third-order valence-electron chi connectivity index (χ3n) is 2.23. The van der Waals surface area contributed by atoms with Crippen LogP contribution in [0.2, 0.25) is 0 Å². The summed E-state index contributed by atoms with van der Waals surface area (Å²) < 4.78 is 4.57. The number of pyridine rings is 1. The average molecular weight is 260 g/mol. The SMILES string of the molecule is CCNC=C(C(=O)C=Cc1cccnc1)C(=O)OC. The molecule has 1 aromatic rings. The summed E-state index contributed by atoms with van der Waals surface area (Å²) in [4.78, 5) is 27.3. The number of rotatable bonds is 6. The molecule has 1 rings (SSSR count). The highest BCUT2D eigenvalue weighted by molar-refractivity contribution is 6.22. The number of nitrogens with zero attached hydrogens (tertiary/aromatic N) is 1. The predicted molar refractivity (Wildman–Crippen MR) is 72.1 cm³/mol. The van der Waals surface area contributed by atoms with Crippen LogP contribution in [0, 0.1) is 0 Å². The third kappa shape index (κ3) is 4.75. The van der Waals surface area contributed by atoms with Gasteiger partial charge >= 0.3 is 5.97 Å². The van der Waals surface area contributed by atoms with Gasteiger partial charge in [0, 0.05) is 25.1 Å². The molecule has 0 unspecified atom stereocenters. The maximum Gasteiger partial charge on any atom is 0.343 e. The average Bonchev–Trinajstić information content (AvgIpc) is 2.46. The van der Waals surface area contributed by atoms with Crippen LogP contribution in [0.25, 0.3) is 6.08 Å². The first kappa shape index (κ1) is 14.6. The number of esters is 1. The van der Waals surface area contributed by atoms with Crippen molar-refractivity contribution in [2.45, 2.75) is 6.92 Å². The lowest BCUT2D eigenvalue weighted by Crippen LogP contribution is -2.17. The monoisotopic (exact) mass is 260 g/mol. The predicted octanol–water partition coefficient (Wildman–Crippen LogP) is 1.33.